The van der Waals surface area contributed by atoms with Crippen LogP contribution in [0, 0.1) is 31.6 Å². The molecule has 0 saturated heterocycles. The topological polar surface area (TPSA) is 26.0 Å². The second kappa shape index (κ2) is 4.50. The summed E-state index contributed by atoms with van der Waals surface area (Å²) >= 11 is 0. The first-order chi connectivity index (χ1) is 8.34. The number of hydrogen-bond donors (Lipinski definition) is 1. The average molecular weight is 220 g/mol. The second-order valence-corrected chi connectivity index (χ2v) is 4.30. The molecule has 83 valence electrons. The lowest BCUT2D eigenvalue weighted by Crippen LogP contribution is -2.17. The maximum Gasteiger partial charge on any atom is 0.0364 e. The summed E-state index contributed by atoms with van der Waals surface area (Å²) in [7, 11) is 0. The minimum atomic E-state index is -0.0328. The van der Waals surface area contributed by atoms with E-state index < -0.39 is 0 Å². The van der Waals surface area contributed by atoms with Crippen molar-refractivity contribution in [3.63, 3.8) is 0 Å². The van der Waals surface area contributed by atoms with E-state index in [2.05, 4.69) is 55.3 Å². The van der Waals surface area contributed by atoms with Gasteiger partial charge in [0.25, 0.3) is 0 Å². The summed E-state index contributed by atoms with van der Waals surface area (Å²) in [6.07, 6.45) is 8.19. The molecule has 1 aliphatic rings. The lowest BCUT2D eigenvalue weighted by Gasteiger charge is -2.18. The van der Waals surface area contributed by atoms with Gasteiger partial charge in [0, 0.05) is 12.0 Å². The van der Waals surface area contributed by atoms with Gasteiger partial charge in [-0.25, -0.2) is 0 Å². The van der Waals surface area contributed by atoms with Crippen molar-refractivity contribution in [1.82, 2.24) is 0 Å². The Labute approximate surface area is 103 Å². The highest BCUT2D eigenvalue weighted by Crippen LogP contribution is 2.34. The van der Waals surface area contributed by atoms with Crippen LogP contribution in [0.2, 0.25) is 0 Å². The van der Waals surface area contributed by atoms with Crippen LogP contribution in [0.4, 0.5) is 0 Å². The molecule has 1 heteroatoms. The first-order valence-electron chi connectivity index (χ1n) is 5.80. The monoisotopic (exact) mass is 220 g/mol. The van der Waals surface area contributed by atoms with Gasteiger partial charge in [-0.1, -0.05) is 36.4 Å². The molecule has 5 radical (unpaired) electrons. The highest BCUT2D eigenvalue weighted by atomic mass is 14.7. The maximum atomic E-state index is 6.25. The summed E-state index contributed by atoms with van der Waals surface area (Å²) in [5, 5.41) is 2.50. The molecule has 0 spiro atoms. The molecule has 17 heavy (non-hydrogen) atoms. The van der Waals surface area contributed by atoms with E-state index in [1.54, 1.807) is 0 Å². The van der Waals surface area contributed by atoms with Crippen LogP contribution in [0.5, 0.6) is 0 Å². The fourth-order valence-corrected chi connectivity index (χ4v) is 2.19. The van der Waals surface area contributed by atoms with Gasteiger partial charge in [-0.05, 0) is 48.1 Å². The largest absolute Gasteiger partial charge is 0.323 e. The highest BCUT2D eigenvalue weighted by molar-refractivity contribution is 5.83. The van der Waals surface area contributed by atoms with Crippen molar-refractivity contribution >= 4 is 10.8 Å². The zero-order valence-electron chi connectivity index (χ0n) is 9.51. The summed E-state index contributed by atoms with van der Waals surface area (Å²) in [5.41, 5.74) is 7.41. The zero-order chi connectivity index (χ0) is 11.7. The predicted octanol–water partition coefficient (Wildman–Crippen LogP) is 3.24. The van der Waals surface area contributed by atoms with Gasteiger partial charge in [0.05, 0.1) is 0 Å². The third kappa shape index (κ3) is 2.07. The molecule has 1 atom stereocenters. The van der Waals surface area contributed by atoms with E-state index in [1.165, 1.54) is 16.7 Å². The van der Waals surface area contributed by atoms with Crippen LogP contribution in [0.3, 0.4) is 0 Å². The molecule has 0 bridgehead atoms. The summed E-state index contributed by atoms with van der Waals surface area (Å²) in [5.74, 6) is 1.17. The third-order valence-electron chi connectivity index (χ3n) is 3.18. The smallest absolute Gasteiger partial charge is 0.0364 e. The molecule has 0 aliphatic heterocycles. The van der Waals surface area contributed by atoms with Crippen molar-refractivity contribution in [1.29, 1.82) is 0 Å². The van der Waals surface area contributed by atoms with Gasteiger partial charge in [-0.15, -0.1) is 0 Å². The van der Waals surface area contributed by atoms with Gasteiger partial charge in [-0.2, -0.15) is 0 Å². The van der Waals surface area contributed by atoms with Crippen molar-refractivity contribution in [2.45, 2.75) is 6.04 Å². The Balaban J connectivity index is 1.94. The summed E-state index contributed by atoms with van der Waals surface area (Å²) in [4.78, 5) is 0. The fraction of sp³-hybridized carbons (Fsp3) is 0.0625. The van der Waals surface area contributed by atoms with E-state index in [0.717, 1.165) is 5.56 Å². The van der Waals surface area contributed by atoms with Gasteiger partial charge in [0.15, 0.2) is 0 Å². The Morgan fingerprint density at radius 2 is 1.53 bits per heavy atom. The van der Waals surface area contributed by atoms with Crippen LogP contribution in [0.25, 0.3) is 10.8 Å². The van der Waals surface area contributed by atoms with Crippen LogP contribution in [-0.4, -0.2) is 0 Å². The minimum absolute atomic E-state index is 0.0328. The highest BCUT2D eigenvalue weighted by Gasteiger charge is 2.24. The van der Waals surface area contributed by atoms with E-state index in [-0.39, 0.29) is 6.04 Å². The average Bonchev–Trinajstić information content (AvgIpc) is 2.91. The van der Waals surface area contributed by atoms with Gasteiger partial charge >= 0.3 is 0 Å². The zero-order valence-corrected chi connectivity index (χ0v) is 9.51. The molecule has 0 amide bonds. The molecule has 2 aromatic rings. The molecule has 0 unspecified atom stereocenters. The van der Waals surface area contributed by atoms with Crippen molar-refractivity contribution in [3.8, 4) is 0 Å². The number of fused-ring (bicyclic) bond motifs is 1. The molecule has 1 nitrogen and oxygen atoms in total. The van der Waals surface area contributed by atoms with E-state index in [1.807, 2.05) is 12.8 Å². The molecular weight excluding hydrogens is 206 g/mol. The van der Waals surface area contributed by atoms with E-state index >= 15 is 0 Å². The molecule has 1 aliphatic carbocycles. The van der Waals surface area contributed by atoms with Gasteiger partial charge in [0.2, 0.25) is 0 Å². The molecule has 1 saturated carbocycles. The Morgan fingerprint density at radius 3 is 2.29 bits per heavy atom. The molecular formula is C16H14N. The molecule has 0 heterocycles. The Kier molecular flexibility index (Phi) is 2.86. The SMILES string of the molecule is N[C@@H]([C]1[CH][CH][CH][CH]1)c1ccc2ccccc2c1. The first kappa shape index (κ1) is 10.8. The standard InChI is InChI=1S/C16H14N/c17-16(13-6-2-3-7-13)15-10-9-12-5-1-4-8-14(12)11-15/h1-11,16H,17H2/t16-/m0/s1. The van der Waals surface area contributed by atoms with Crippen LogP contribution < -0.4 is 5.73 Å². The number of hydrogen-bond acceptors (Lipinski definition) is 1. The summed E-state index contributed by atoms with van der Waals surface area (Å²) in [6.45, 7) is 0. The molecule has 2 N–H and O–H groups in total. The number of benzene rings is 2. The van der Waals surface area contributed by atoms with E-state index in [0.29, 0.717) is 0 Å². The third-order valence-corrected chi connectivity index (χ3v) is 3.18. The fourth-order valence-electron chi connectivity index (χ4n) is 2.19. The molecule has 0 aromatic heterocycles. The van der Waals surface area contributed by atoms with E-state index in [9.17, 15) is 0 Å². The van der Waals surface area contributed by atoms with Crippen molar-refractivity contribution in [3.05, 3.63) is 79.6 Å². The maximum absolute atomic E-state index is 6.25. The van der Waals surface area contributed by atoms with Gasteiger partial charge in [0.1, 0.15) is 0 Å². The van der Waals surface area contributed by atoms with Crippen molar-refractivity contribution in [2.24, 2.45) is 5.73 Å². The van der Waals surface area contributed by atoms with Gasteiger partial charge < -0.3 is 5.73 Å². The predicted molar refractivity (Wildman–Crippen MR) is 71.3 cm³/mol. The van der Waals surface area contributed by atoms with Crippen molar-refractivity contribution < 1.29 is 0 Å². The normalized spacial score (nSPS) is 18.6. The molecule has 2 aromatic carbocycles. The van der Waals surface area contributed by atoms with Gasteiger partial charge in [-0.3, -0.25) is 0 Å². The quantitative estimate of drug-likeness (QED) is 0.826. The van der Waals surface area contributed by atoms with Crippen molar-refractivity contribution in [2.75, 3.05) is 0 Å². The van der Waals surface area contributed by atoms with Crippen LogP contribution in [-0.2, 0) is 0 Å². The Bertz CT molecular complexity index is 512. The van der Waals surface area contributed by atoms with Crippen LogP contribution in [0.1, 0.15) is 11.6 Å². The summed E-state index contributed by atoms with van der Waals surface area (Å²) < 4.78 is 0. The second-order valence-electron chi connectivity index (χ2n) is 4.30. The Morgan fingerprint density at radius 1 is 0.824 bits per heavy atom. The number of nitrogens with two attached hydrogens (primary N) is 1. The Hall–Kier alpha value is -1.34. The van der Waals surface area contributed by atoms with Crippen LogP contribution >= 0.6 is 0 Å². The number of rotatable bonds is 2. The van der Waals surface area contributed by atoms with Crippen LogP contribution in [0.15, 0.2) is 42.5 Å². The summed E-state index contributed by atoms with van der Waals surface area (Å²) in [6, 6.07) is 14.7. The molecule has 3 rings (SSSR count). The first-order valence-corrected chi connectivity index (χ1v) is 5.80. The lowest BCUT2D eigenvalue weighted by molar-refractivity contribution is 0.787. The lowest BCUT2D eigenvalue weighted by atomic mass is 9.91. The van der Waals surface area contributed by atoms with E-state index in [4.69, 9.17) is 5.73 Å². The minimum Gasteiger partial charge on any atom is -0.323 e. The molecule has 1 fully saturated rings.